The van der Waals surface area contributed by atoms with Crippen LogP contribution in [0.25, 0.3) is 0 Å². The van der Waals surface area contributed by atoms with Gasteiger partial charge in [-0.3, -0.25) is 19.3 Å². The number of piperidine rings is 1. The Balaban J connectivity index is 1.49. The maximum absolute atomic E-state index is 14.3. The Morgan fingerprint density at radius 2 is 1.71 bits per heavy atom. The van der Waals surface area contributed by atoms with Gasteiger partial charge in [-0.25, -0.2) is 4.39 Å². The van der Waals surface area contributed by atoms with Crippen molar-refractivity contribution in [3.8, 4) is 0 Å². The minimum absolute atomic E-state index is 0.0285. The van der Waals surface area contributed by atoms with Crippen molar-refractivity contribution in [2.45, 2.75) is 19.8 Å². The summed E-state index contributed by atoms with van der Waals surface area (Å²) < 4.78 is 14.3. The van der Waals surface area contributed by atoms with E-state index < -0.39 is 11.8 Å². The topological polar surface area (TPSA) is 81.2 Å². The normalized spacial score (nSPS) is 18.9. The van der Waals surface area contributed by atoms with Crippen molar-refractivity contribution in [2.24, 2.45) is 5.92 Å². The molecule has 0 unspecified atom stereocenters. The molecule has 0 radical (unpaired) electrons. The van der Waals surface area contributed by atoms with Crippen LogP contribution >= 0.6 is 0 Å². The van der Waals surface area contributed by atoms with Gasteiger partial charge in [0.15, 0.2) is 5.78 Å². The molecule has 0 bridgehead atoms. The zero-order valence-electron chi connectivity index (χ0n) is 16.1. The molecule has 0 spiro atoms. The molecule has 0 saturated carbocycles. The Morgan fingerprint density at radius 3 is 2.25 bits per heavy atom. The number of amides is 1. The Hall–Kier alpha value is -2.48. The molecular weight excluding hydrogens is 365 g/mol. The Bertz CT molecular complexity index is 754. The monoisotopic (exact) mass is 391 g/mol. The maximum Gasteiger partial charge on any atom is 0.306 e. The van der Waals surface area contributed by atoms with E-state index >= 15 is 0 Å². The average Bonchev–Trinajstić information content (AvgIpc) is 2.68. The summed E-state index contributed by atoms with van der Waals surface area (Å²) in [6, 6.07) is 4.51. The SMILES string of the molecule is CC(=O)c1ccc(N2CCN(C(=O)CN3CCC(C(=O)O)CC3)CC2)c(F)c1. The molecule has 28 heavy (non-hydrogen) atoms. The number of halogens is 1. The van der Waals surface area contributed by atoms with Crippen molar-refractivity contribution in [3.63, 3.8) is 0 Å². The van der Waals surface area contributed by atoms with E-state index in [-0.39, 0.29) is 17.6 Å². The second kappa shape index (κ2) is 8.68. The molecule has 0 aromatic heterocycles. The minimum Gasteiger partial charge on any atom is -0.481 e. The molecule has 0 atom stereocenters. The average molecular weight is 391 g/mol. The number of rotatable bonds is 5. The number of carboxylic acids is 1. The highest BCUT2D eigenvalue weighted by atomic mass is 19.1. The van der Waals surface area contributed by atoms with E-state index in [1.807, 2.05) is 9.80 Å². The number of nitrogens with zero attached hydrogens (tertiary/aromatic N) is 3. The molecule has 3 rings (SSSR count). The van der Waals surface area contributed by atoms with Crippen LogP contribution in [-0.4, -0.2) is 78.4 Å². The van der Waals surface area contributed by atoms with Gasteiger partial charge < -0.3 is 14.9 Å². The number of Topliss-reactive ketones (excluding diaryl/α,β-unsaturated/α-hetero) is 1. The molecule has 2 saturated heterocycles. The highest BCUT2D eigenvalue weighted by molar-refractivity contribution is 5.94. The van der Waals surface area contributed by atoms with E-state index in [2.05, 4.69) is 0 Å². The summed E-state index contributed by atoms with van der Waals surface area (Å²) in [6.07, 6.45) is 1.15. The molecule has 2 aliphatic rings. The molecule has 1 aromatic rings. The van der Waals surface area contributed by atoms with E-state index in [1.54, 1.807) is 17.0 Å². The molecule has 0 aliphatic carbocycles. The number of carbonyl (C=O) groups is 3. The van der Waals surface area contributed by atoms with Crippen LogP contribution in [0.15, 0.2) is 18.2 Å². The van der Waals surface area contributed by atoms with Crippen molar-refractivity contribution >= 4 is 23.3 Å². The summed E-state index contributed by atoms with van der Waals surface area (Å²) >= 11 is 0. The fourth-order valence-corrected chi connectivity index (χ4v) is 3.81. The molecule has 1 N–H and O–H groups in total. The zero-order valence-corrected chi connectivity index (χ0v) is 16.1. The van der Waals surface area contributed by atoms with E-state index in [4.69, 9.17) is 5.11 Å². The van der Waals surface area contributed by atoms with Gasteiger partial charge in [-0.2, -0.15) is 0 Å². The van der Waals surface area contributed by atoms with Gasteiger partial charge in [0.1, 0.15) is 5.82 Å². The van der Waals surface area contributed by atoms with Crippen LogP contribution in [0.2, 0.25) is 0 Å². The van der Waals surface area contributed by atoms with Gasteiger partial charge in [-0.05, 0) is 51.1 Å². The first kappa shape index (κ1) is 20.3. The molecule has 2 heterocycles. The smallest absolute Gasteiger partial charge is 0.306 e. The fraction of sp³-hybridized carbons (Fsp3) is 0.550. The molecule has 1 amide bonds. The summed E-state index contributed by atoms with van der Waals surface area (Å²) in [7, 11) is 0. The Labute approximate surface area is 163 Å². The lowest BCUT2D eigenvalue weighted by atomic mass is 9.97. The lowest BCUT2D eigenvalue weighted by Crippen LogP contribution is -2.52. The number of aliphatic carboxylic acids is 1. The molecule has 2 aliphatic heterocycles. The molecule has 8 heteroatoms. The van der Waals surface area contributed by atoms with Crippen LogP contribution in [-0.2, 0) is 9.59 Å². The zero-order chi connectivity index (χ0) is 20.3. The minimum atomic E-state index is -0.759. The quantitative estimate of drug-likeness (QED) is 0.766. The number of anilines is 1. The standard InChI is InChI=1S/C20H26FN3O4/c1-14(25)16-2-3-18(17(21)12-16)23-8-10-24(11-9-23)19(26)13-22-6-4-15(5-7-22)20(27)28/h2-3,12,15H,4-11,13H2,1H3,(H,27,28). The van der Waals surface area contributed by atoms with Gasteiger partial charge in [0.05, 0.1) is 18.2 Å². The number of piperazine rings is 1. The summed E-state index contributed by atoms with van der Waals surface area (Å²) in [5, 5.41) is 9.05. The lowest BCUT2D eigenvalue weighted by molar-refractivity contribution is -0.143. The van der Waals surface area contributed by atoms with Gasteiger partial charge in [0.25, 0.3) is 0 Å². The second-order valence-corrected chi connectivity index (χ2v) is 7.48. The third-order valence-electron chi connectivity index (χ3n) is 5.62. The van der Waals surface area contributed by atoms with E-state index in [1.165, 1.54) is 13.0 Å². The van der Waals surface area contributed by atoms with Crippen LogP contribution in [0.3, 0.4) is 0 Å². The largest absolute Gasteiger partial charge is 0.481 e. The summed E-state index contributed by atoms with van der Waals surface area (Å²) in [5.41, 5.74) is 0.801. The second-order valence-electron chi connectivity index (χ2n) is 7.48. The van der Waals surface area contributed by atoms with Gasteiger partial charge in [-0.15, -0.1) is 0 Å². The van der Waals surface area contributed by atoms with Crippen molar-refractivity contribution in [2.75, 3.05) is 50.7 Å². The van der Waals surface area contributed by atoms with Crippen LogP contribution in [0.1, 0.15) is 30.1 Å². The summed E-state index contributed by atoms with van der Waals surface area (Å²) in [4.78, 5) is 40.6. The Morgan fingerprint density at radius 1 is 1.07 bits per heavy atom. The molecule has 7 nitrogen and oxygen atoms in total. The third-order valence-corrected chi connectivity index (χ3v) is 5.62. The first-order valence-corrected chi connectivity index (χ1v) is 9.63. The third kappa shape index (κ3) is 4.67. The predicted octanol–water partition coefficient (Wildman–Crippen LogP) is 1.47. The molecule has 1 aromatic carbocycles. The molecule has 2 fully saturated rings. The predicted molar refractivity (Wildman–Crippen MR) is 102 cm³/mol. The molecule has 152 valence electrons. The van der Waals surface area contributed by atoms with Crippen LogP contribution in [0.5, 0.6) is 0 Å². The number of benzene rings is 1. The van der Waals surface area contributed by atoms with Crippen molar-refractivity contribution in [3.05, 3.63) is 29.6 Å². The van der Waals surface area contributed by atoms with Crippen LogP contribution < -0.4 is 4.90 Å². The molecular formula is C20H26FN3O4. The number of hydrogen-bond donors (Lipinski definition) is 1. The van der Waals surface area contributed by atoms with E-state index in [0.717, 1.165) is 0 Å². The highest BCUT2D eigenvalue weighted by Gasteiger charge is 2.28. The number of ketones is 1. The lowest BCUT2D eigenvalue weighted by Gasteiger charge is -2.38. The van der Waals surface area contributed by atoms with E-state index in [0.29, 0.717) is 69.9 Å². The van der Waals surface area contributed by atoms with Gasteiger partial charge in [0, 0.05) is 31.7 Å². The number of carbonyl (C=O) groups excluding carboxylic acids is 2. The number of likely N-dealkylation sites (tertiary alicyclic amines) is 1. The fourth-order valence-electron chi connectivity index (χ4n) is 3.81. The first-order chi connectivity index (χ1) is 13.3. The first-order valence-electron chi connectivity index (χ1n) is 9.63. The van der Waals surface area contributed by atoms with Crippen molar-refractivity contribution < 1.29 is 23.9 Å². The summed E-state index contributed by atoms with van der Waals surface area (Å²) in [5.74, 6) is -1.63. The Kier molecular flexibility index (Phi) is 6.28. The van der Waals surface area contributed by atoms with Crippen LogP contribution in [0, 0.1) is 11.7 Å². The highest BCUT2D eigenvalue weighted by Crippen LogP contribution is 2.23. The van der Waals surface area contributed by atoms with E-state index in [9.17, 15) is 18.8 Å². The van der Waals surface area contributed by atoms with Gasteiger partial charge in [-0.1, -0.05) is 0 Å². The summed E-state index contributed by atoms with van der Waals surface area (Å²) in [6.45, 7) is 5.03. The maximum atomic E-state index is 14.3. The van der Waals surface area contributed by atoms with Crippen molar-refractivity contribution in [1.29, 1.82) is 0 Å². The van der Waals surface area contributed by atoms with Gasteiger partial charge in [0.2, 0.25) is 5.91 Å². The van der Waals surface area contributed by atoms with Crippen LogP contribution in [0.4, 0.5) is 10.1 Å². The van der Waals surface area contributed by atoms with Crippen molar-refractivity contribution in [1.82, 2.24) is 9.80 Å². The number of hydrogen-bond acceptors (Lipinski definition) is 5. The van der Waals surface area contributed by atoms with Gasteiger partial charge >= 0.3 is 5.97 Å². The number of carboxylic acid groups (broad SMARTS) is 1.